The molecule has 2 unspecified atom stereocenters. The number of morpholine rings is 1. The highest BCUT2D eigenvalue weighted by Gasteiger charge is 2.54. The Morgan fingerprint density at radius 3 is 2.35 bits per heavy atom. The molecule has 3 aliphatic rings. The van der Waals surface area contributed by atoms with E-state index in [1.54, 1.807) is 4.90 Å². The van der Waals surface area contributed by atoms with E-state index in [0.29, 0.717) is 19.6 Å². The van der Waals surface area contributed by atoms with Crippen molar-refractivity contribution >= 4 is 19.4 Å². The van der Waals surface area contributed by atoms with Gasteiger partial charge in [0, 0.05) is 13.1 Å². The van der Waals surface area contributed by atoms with Gasteiger partial charge in [-0.1, -0.05) is 30.7 Å². The van der Waals surface area contributed by atoms with Crippen molar-refractivity contribution in [3.05, 3.63) is 23.8 Å². The van der Waals surface area contributed by atoms with Gasteiger partial charge in [0.25, 0.3) is 0 Å². The largest absolute Gasteiger partial charge is 0.481 e. The molecule has 2 saturated heterocycles. The van der Waals surface area contributed by atoms with E-state index in [-0.39, 0.29) is 11.8 Å². The molecule has 2 heterocycles. The lowest BCUT2D eigenvalue weighted by Gasteiger charge is -2.32. The Morgan fingerprint density at radius 1 is 1.21 bits per heavy atom. The minimum Gasteiger partial charge on any atom is -0.402 e. The summed E-state index contributed by atoms with van der Waals surface area (Å²) >= 11 is 0. The zero-order valence-electron chi connectivity index (χ0n) is 21.7. The van der Waals surface area contributed by atoms with Crippen LogP contribution in [0.25, 0.3) is 0 Å². The second-order valence-electron chi connectivity index (χ2n) is 10.2. The molecule has 0 radical (unpaired) electrons. The summed E-state index contributed by atoms with van der Waals surface area (Å²) in [7, 11) is -0.455. The number of nitrogens with one attached hydrogen (secondary N) is 1. The number of amides is 2. The second-order valence-corrected chi connectivity index (χ2v) is 10.2. The number of rotatable bonds is 9. The number of allylic oxidation sites excluding steroid dienone is 4. The average molecular weight is 477 g/mol. The smallest absolute Gasteiger partial charge is 0.402 e. The maximum absolute atomic E-state index is 12.4. The molecule has 0 saturated carbocycles. The number of hydrogen-bond donors (Lipinski definition) is 2. The van der Waals surface area contributed by atoms with Crippen LogP contribution >= 0.6 is 0 Å². The molecule has 0 aromatic carbocycles. The van der Waals surface area contributed by atoms with Crippen LogP contribution in [0.2, 0.25) is 0 Å². The van der Waals surface area contributed by atoms with Gasteiger partial charge in [-0.05, 0) is 66.2 Å². The molecule has 3 N–H and O–H groups in total. The highest BCUT2D eigenvalue weighted by atomic mass is 16.7. The standard InChI is InChI=1S/C20H35BN2O3.C5H9NO2/c1-6-16(22)18(24)23-17(14-10-13-15-11-8-7-9-12-15)21-25-19(2,3)20(4,5)26-21;7-5-6-1-3-8-4-2-6/h8,11-12,16-17H,6-7,9-10,13-14,22H2,1-5H3,(H,23,24);5H,1-4H2. The summed E-state index contributed by atoms with van der Waals surface area (Å²) in [5.41, 5.74) is 6.45. The fraction of sp³-hybridized carbons (Fsp3) is 0.760. The van der Waals surface area contributed by atoms with Crippen molar-refractivity contribution in [2.45, 2.75) is 96.3 Å². The van der Waals surface area contributed by atoms with E-state index in [2.05, 4.69) is 23.5 Å². The van der Waals surface area contributed by atoms with E-state index in [9.17, 15) is 9.59 Å². The van der Waals surface area contributed by atoms with Crippen LogP contribution in [0.4, 0.5) is 0 Å². The van der Waals surface area contributed by atoms with Crippen molar-refractivity contribution in [3.8, 4) is 0 Å². The molecule has 192 valence electrons. The predicted molar refractivity (Wildman–Crippen MR) is 135 cm³/mol. The molecule has 2 amide bonds. The van der Waals surface area contributed by atoms with E-state index in [4.69, 9.17) is 19.8 Å². The first-order valence-corrected chi connectivity index (χ1v) is 12.6. The topological polar surface area (TPSA) is 103 Å². The third kappa shape index (κ3) is 8.52. The summed E-state index contributed by atoms with van der Waals surface area (Å²) in [5, 5.41) is 3.07. The van der Waals surface area contributed by atoms with E-state index in [0.717, 1.165) is 51.6 Å². The Kier molecular flexibility index (Phi) is 11.3. The van der Waals surface area contributed by atoms with Crippen LogP contribution < -0.4 is 11.1 Å². The molecular weight excluding hydrogens is 433 g/mol. The molecule has 3 rings (SSSR count). The molecule has 2 atom stereocenters. The third-order valence-corrected chi connectivity index (χ3v) is 6.95. The molecule has 2 fully saturated rings. The SMILES string of the molecule is CCC(N)C(=O)NC(CCCC1=CCCC=C1)B1OC(C)(C)C(C)(C)O1.O=CN1CCOCC1. The first-order valence-electron chi connectivity index (χ1n) is 12.6. The summed E-state index contributed by atoms with van der Waals surface area (Å²) in [6, 6.07) is -0.496. The van der Waals surface area contributed by atoms with Gasteiger partial charge in [-0.15, -0.1) is 0 Å². The summed E-state index contributed by atoms with van der Waals surface area (Å²) in [6.07, 6.45) is 13.2. The Bertz CT molecular complexity index is 703. The molecule has 8 nitrogen and oxygen atoms in total. The Morgan fingerprint density at radius 2 is 1.85 bits per heavy atom. The van der Waals surface area contributed by atoms with Crippen LogP contribution in [-0.2, 0) is 23.6 Å². The molecule has 0 spiro atoms. The molecule has 0 bridgehead atoms. The number of carbonyl (C=O) groups excluding carboxylic acids is 2. The van der Waals surface area contributed by atoms with Crippen molar-refractivity contribution in [1.82, 2.24) is 10.2 Å². The second kappa shape index (κ2) is 13.4. The Balaban J connectivity index is 0.000000430. The van der Waals surface area contributed by atoms with E-state index in [1.807, 2.05) is 34.6 Å². The summed E-state index contributed by atoms with van der Waals surface area (Å²) in [4.78, 5) is 24.1. The average Bonchev–Trinajstić information content (AvgIpc) is 3.06. The highest BCUT2D eigenvalue weighted by Crippen LogP contribution is 2.38. The van der Waals surface area contributed by atoms with E-state index >= 15 is 0 Å². The molecule has 2 aliphatic heterocycles. The number of hydrogen-bond acceptors (Lipinski definition) is 6. The lowest BCUT2D eigenvalue weighted by Crippen LogP contribution is -2.52. The van der Waals surface area contributed by atoms with Gasteiger partial charge in [0.2, 0.25) is 12.3 Å². The van der Waals surface area contributed by atoms with Crippen molar-refractivity contribution in [2.75, 3.05) is 26.3 Å². The Hall–Kier alpha value is -1.68. The zero-order chi connectivity index (χ0) is 25.2. The summed E-state index contributed by atoms with van der Waals surface area (Å²) < 4.78 is 17.4. The first kappa shape index (κ1) is 28.6. The quantitative estimate of drug-likeness (QED) is 0.391. The lowest BCUT2D eigenvalue weighted by molar-refractivity contribution is -0.123. The monoisotopic (exact) mass is 477 g/mol. The van der Waals surface area contributed by atoms with E-state index in [1.165, 1.54) is 5.57 Å². The van der Waals surface area contributed by atoms with Gasteiger partial charge in [-0.25, -0.2) is 0 Å². The number of nitrogens with zero attached hydrogens (tertiary/aromatic N) is 1. The maximum Gasteiger partial charge on any atom is 0.481 e. The van der Waals surface area contributed by atoms with Crippen LogP contribution in [0.5, 0.6) is 0 Å². The fourth-order valence-electron chi connectivity index (χ4n) is 3.87. The fourth-order valence-corrected chi connectivity index (χ4v) is 3.87. The number of ether oxygens (including phenoxy) is 1. The molecule has 0 aromatic heterocycles. The van der Waals surface area contributed by atoms with Crippen LogP contribution in [0.15, 0.2) is 23.8 Å². The number of nitrogens with two attached hydrogens (primary N) is 1. The molecule has 1 aliphatic carbocycles. The van der Waals surface area contributed by atoms with Gasteiger partial charge in [0.1, 0.15) is 0 Å². The van der Waals surface area contributed by atoms with Crippen LogP contribution in [0.1, 0.15) is 73.1 Å². The van der Waals surface area contributed by atoms with Gasteiger partial charge >= 0.3 is 7.12 Å². The van der Waals surface area contributed by atoms with Crippen molar-refractivity contribution < 1.29 is 23.6 Å². The van der Waals surface area contributed by atoms with Gasteiger partial charge in [-0.2, -0.15) is 0 Å². The van der Waals surface area contributed by atoms with Crippen molar-refractivity contribution in [2.24, 2.45) is 5.73 Å². The van der Waals surface area contributed by atoms with Crippen molar-refractivity contribution in [1.29, 1.82) is 0 Å². The van der Waals surface area contributed by atoms with Crippen LogP contribution in [0.3, 0.4) is 0 Å². The maximum atomic E-state index is 12.4. The number of carbonyl (C=O) groups is 2. The van der Waals surface area contributed by atoms with E-state index < -0.39 is 24.4 Å². The molecular formula is C25H44BN3O5. The normalized spacial score (nSPS) is 22.8. The van der Waals surface area contributed by atoms with Gasteiger partial charge in [0.15, 0.2) is 0 Å². The predicted octanol–water partition coefficient (Wildman–Crippen LogP) is 2.76. The minimum atomic E-state index is -0.496. The van der Waals surface area contributed by atoms with Gasteiger partial charge in [0.05, 0.1) is 36.4 Å². The molecule has 9 heteroatoms. The van der Waals surface area contributed by atoms with Crippen LogP contribution in [-0.4, -0.2) is 73.8 Å². The van der Waals surface area contributed by atoms with Gasteiger partial charge in [-0.3, -0.25) is 9.59 Å². The minimum absolute atomic E-state index is 0.135. The molecule has 0 aromatic rings. The zero-order valence-corrected chi connectivity index (χ0v) is 21.7. The summed E-state index contributed by atoms with van der Waals surface area (Å²) in [5.74, 6) is -0.335. The lowest BCUT2D eigenvalue weighted by atomic mass is 9.75. The molecule has 34 heavy (non-hydrogen) atoms. The van der Waals surface area contributed by atoms with Crippen LogP contribution in [0, 0.1) is 0 Å². The highest BCUT2D eigenvalue weighted by molar-refractivity contribution is 6.48. The third-order valence-electron chi connectivity index (χ3n) is 6.95. The van der Waals surface area contributed by atoms with Crippen molar-refractivity contribution in [3.63, 3.8) is 0 Å². The first-order chi connectivity index (χ1) is 16.1. The summed E-state index contributed by atoms with van der Waals surface area (Å²) in [6.45, 7) is 12.9. The van der Waals surface area contributed by atoms with Gasteiger partial charge < -0.3 is 30.0 Å². The Labute approximate surface area is 205 Å².